The fraction of sp³-hybridized carbons (Fsp3) is 0. The summed E-state index contributed by atoms with van der Waals surface area (Å²) in [6.07, 6.45) is 1.61. The number of phenols is 1. The molecule has 4 rings (SSSR count). The van der Waals surface area contributed by atoms with Crippen LogP contribution in [-0.2, 0) is 0 Å². The highest BCUT2D eigenvalue weighted by molar-refractivity contribution is 6.35. The van der Waals surface area contributed by atoms with Crippen LogP contribution in [0.5, 0.6) is 5.75 Å². The van der Waals surface area contributed by atoms with Crippen molar-refractivity contribution in [1.29, 1.82) is 0 Å². The van der Waals surface area contributed by atoms with Crippen LogP contribution < -0.4 is 0 Å². The predicted molar refractivity (Wildman–Crippen MR) is 92.2 cm³/mol. The van der Waals surface area contributed by atoms with Gasteiger partial charge in [-0.1, -0.05) is 34.4 Å². The number of aromatic hydroxyl groups is 1. The van der Waals surface area contributed by atoms with Gasteiger partial charge >= 0.3 is 0 Å². The molecule has 0 aliphatic heterocycles. The molecule has 24 heavy (non-hydrogen) atoms. The van der Waals surface area contributed by atoms with Gasteiger partial charge in [0.15, 0.2) is 0 Å². The Labute approximate surface area is 146 Å². The Morgan fingerprint density at radius 1 is 1.00 bits per heavy atom. The van der Waals surface area contributed by atoms with Crippen molar-refractivity contribution in [2.75, 3.05) is 0 Å². The molecule has 0 saturated carbocycles. The van der Waals surface area contributed by atoms with Crippen LogP contribution in [0.15, 0.2) is 53.2 Å². The van der Waals surface area contributed by atoms with Gasteiger partial charge in [-0.25, -0.2) is 0 Å². The molecule has 0 saturated heterocycles. The summed E-state index contributed by atoms with van der Waals surface area (Å²) in [5, 5.41) is 15.6. The van der Waals surface area contributed by atoms with Gasteiger partial charge in [-0.2, -0.15) is 4.98 Å². The number of hydrogen-bond acceptors (Lipinski definition) is 5. The van der Waals surface area contributed by atoms with E-state index in [-0.39, 0.29) is 5.75 Å². The normalized spacial score (nSPS) is 11.1. The van der Waals surface area contributed by atoms with Crippen LogP contribution >= 0.6 is 23.2 Å². The first-order valence-electron chi connectivity index (χ1n) is 6.99. The van der Waals surface area contributed by atoms with Gasteiger partial charge in [0.05, 0.1) is 0 Å². The molecule has 7 heteroatoms. The maximum atomic E-state index is 9.93. The van der Waals surface area contributed by atoms with E-state index in [1.165, 1.54) is 0 Å². The zero-order chi connectivity index (χ0) is 16.7. The summed E-state index contributed by atoms with van der Waals surface area (Å²) in [5.74, 6) is 0.786. The van der Waals surface area contributed by atoms with E-state index in [0.717, 1.165) is 5.39 Å². The van der Waals surface area contributed by atoms with E-state index in [1.54, 1.807) is 42.6 Å². The summed E-state index contributed by atoms with van der Waals surface area (Å²) in [7, 11) is 0. The van der Waals surface area contributed by atoms with E-state index in [9.17, 15) is 5.11 Å². The number of nitrogens with zero attached hydrogens (tertiary/aromatic N) is 3. The first kappa shape index (κ1) is 14.9. The van der Waals surface area contributed by atoms with Crippen molar-refractivity contribution in [2.24, 2.45) is 0 Å². The Morgan fingerprint density at radius 3 is 2.58 bits per heavy atom. The summed E-state index contributed by atoms with van der Waals surface area (Å²) < 4.78 is 5.38. The number of rotatable bonds is 2. The summed E-state index contributed by atoms with van der Waals surface area (Å²) in [5.41, 5.74) is 1.81. The number of phenolic OH excluding ortho intramolecular Hbond substituents is 1. The van der Waals surface area contributed by atoms with Crippen LogP contribution in [0.4, 0.5) is 0 Å². The van der Waals surface area contributed by atoms with Gasteiger partial charge in [-0.05, 0) is 36.4 Å². The van der Waals surface area contributed by atoms with Gasteiger partial charge in [0.1, 0.15) is 11.3 Å². The molecule has 4 aromatic rings. The lowest BCUT2D eigenvalue weighted by molar-refractivity contribution is 0.432. The topological polar surface area (TPSA) is 72.0 Å². The number of pyridine rings is 1. The summed E-state index contributed by atoms with van der Waals surface area (Å²) in [6.45, 7) is 0. The first-order valence-corrected chi connectivity index (χ1v) is 7.74. The van der Waals surface area contributed by atoms with Crippen LogP contribution in [0.25, 0.3) is 33.7 Å². The van der Waals surface area contributed by atoms with Crippen molar-refractivity contribution in [3.63, 3.8) is 0 Å². The molecular weight excluding hydrogens is 349 g/mol. The average molecular weight is 358 g/mol. The minimum Gasteiger partial charge on any atom is -0.506 e. The molecule has 0 aliphatic rings. The second kappa shape index (κ2) is 5.78. The minimum absolute atomic E-state index is 0.0933. The zero-order valence-electron chi connectivity index (χ0n) is 12.1. The van der Waals surface area contributed by atoms with Crippen molar-refractivity contribution in [3.05, 3.63) is 58.7 Å². The Kier molecular flexibility index (Phi) is 3.59. The SMILES string of the molecule is Oc1ccc(-c2nc(-c3cc(Cl)cc(Cl)c3)no2)c2cccnc12. The van der Waals surface area contributed by atoms with E-state index in [1.807, 2.05) is 6.07 Å². The third-order valence-electron chi connectivity index (χ3n) is 3.53. The molecule has 2 aromatic carbocycles. The Balaban J connectivity index is 1.85. The lowest BCUT2D eigenvalue weighted by Gasteiger charge is -2.03. The summed E-state index contributed by atoms with van der Waals surface area (Å²) in [6, 6.07) is 11.9. The van der Waals surface area contributed by atoms with Crippen molar-refractivity contribution in [3.8, 4) is 28.6 Å². The van der Waals surface area contributed by atoms with E-state index < -0.39 is 0 Å². The van der Waals surface area contributed by atoms with Gasteiger partial charge in [-0.15, -0.1) is 0 Å². The molecule has 0 aliphatic carbocycles. The molecule has 0 bridgehead atoms. The van der Waals surface area contributed by atoms with E-state index in [2.05, 4.69) is 15.1 Å². The Morgan fingerprint density at radius 2 is 1.79 bits per heavy atom. The molecule has 2 aromatic heterocycles. The van der Waals surface area contributed by atoms with Crippen LogP contribution in [0.2, 0.25) is 10.0 Å². The van der Waals surface area contributed by atoms with Gasteiger partial charge < -0.3 is 9.63 Å². The van der Waals surface area contributed by atoms with Crippen molar-refractivity contribution < 1.29 is 9.63 Å². The highest BCUT2D eigenvalue weighted by atomic mass is 35.5. The lowest BCUT2D eigenvalue weighted by Crippen LogP contribution is -1.85. The van der Waals surface area contributed by atoms with Crippen LogP contribution in [-0.4, -0.2) is 20.2 Å². The molecule has 0 atom stereocenters. The molecule has 2 heterocycles. The molecule has 0 spiro atoms. The van der Waals surface area contributed by atoms with Crippen LogP contribution in [0, 0.1) is 0 Å². The van der Waals surface area contributed by atoms with Crippen molar-refractivity contribution in [1.82, 2.24) is 15.1 Å². The quantitative estimate of drug-likeness (QED) is 0.548. The fourth-order valence-corrected chi connectivity index (χ4v) is 3.00. The smallest absolute Gasteiger partial charge is 0.258 e. The molecular formula is C17H9Cl2N3O2. The minimum atomic E-state index is 0.0933. The lowest BCUT2D eigenvalue weighted by atomic mass is 10.1. The number of halogens is 2. The average Bonchev–Trinajstić information content (AvgIpc) is 3.04. The second-order valence-electron chi connectivity index (χ2n) is 5.11. The molecule has 5 nitrogen and oxygen atoms in total. The number of fused-ring (bicyclic) bond motifs is 1. The summed E-state index contributed by atoms with van der Waals surface area (Å²) >= 11 is 12.0. The van der Waals surface area contributed by atoms with E-state index in [0.29, 0.717) is 38.4 Å². The molecule has 0 radical (unpaired) electrons. The predicted octanol–water partition coefficient (Wildman–Crippen LogP) is 4.96. The summed E-state index contributed by atoms with van der Waals surface area (Å²) in [4.78, 5) is 8.59. The van der Waals surface area contributed by atoms with Crippen molar-refractivity contribution in [2.45, 2.75) is 0 Å². The largest absolute Gasteiger partial charge is 0.506 e. The Bertz CT molecular complexity index is 1040. The number of hydrogen-bond donors (Lipinski definition) is 1. The molecule has 0 fully saturated rings. The maximum absolute atomic E-state index is 9.93. The monoisotopic (exact) mass is 357 g/mol. The molecule has 0 amide bonds. The van der Waals surface area contributed by atoms with E-state index >= 15 is 0 Å². The second-order valence-corrected chi connectivity index (χ2v) is 5.99. The van der Waals surface area contributed by atoms with Gasteiger partial charge in [0.25, 0.3) is 5.89 Å². The zero-order valence-corrected chi connectivity index (χ0v) is 13.6. The highest BCUT2D eigenvalue weighted by Crippen LogP contribution is 2.33. The van der Waals surface area contributed by atoms with Crippen LogP contribution in [0.3, 0.4) is 0 Å². The number of benzene rings is 2. The molecule has 118 valence electrons. The number of aromatic nitrogens is 3. The maximum Gasteiger partial charge on any atom is 0.258 e. The fourth-order valence-electron chi connectivity index (χ4n) is 2.48. The van der Waals surface area contributed by atoms with Gasteiger partial charge in [-0.3, -0.25) is 4.98 Å². The van der Waals surface area contributed by atoms with Gasteiger partial charge in [0.2, 0.25) is 5.82 Å². The third kappa shape index (κ3) is 2.58. The standard InChI is InChI=1S/C17H9Cl2N3O2/c18-10-6-9(7-11(19)8-10)16-21-17(24-22-16)13-3-4-14(23)15-12(13)2-1-5-20-15/h1-8,23H. The van der Waals surface area contributed by atoms with Crippen molar-refractivity contribution >= 4 is 34.1 Å². The van der Waals surface area contributed by atoms with Crippen LogP contribution in [0.1, 0.15) is 0 Å². The Hall–Kier alpha value is -2.63. The third-order valence-corrected chi connectivity index (χ3v) is 3.96. The van der Waals surface area contributed by atoms with Gasteiger partial charge in [0, 0.05) is 32.8 Å². The van der Waals surface area contributed by atoms with E-state index in [4.69, 9.17) is 27.7 Å². The highest BCUT2D eigenvalue weighted by Gasteiger charge is 2.15. The molecule has 1 N–H and O–H groups in total. The first-order chi connectivity index (χ1) is 11.6. The molecule has 0 unspecified atom stereocenters.